The zero-order chi connectivity index (χ0) is 17.0. The highest BCUT2D eigenvalue weighted by Gasteiger charge is 2.16. The van der Waals surface area contributed by atoms with Crippen molar-refractivity contribution in [1.82, 2.24) is 9.97 Å². The predicted octanol–water partition coefficient (Wildman–Crippen LogP) is 2.69. The molecule has 120 valence electrons. The molecule has 6 nitrogen and oxygen atoms in total. The Morgan fingerprint density at radius 3 is 2.43 bits per heavy atom. The van der Waals surface area contributed by atoms with Gasteiger partial charge in [-0.05, 0) is 45.0 Å². The number of hydrogen-bond acceptors (Lipinski definition) is 6. The number of ketones is 1. The van der Waals surface area contributed by atoms with Gasteiger partial charge in [0, 0.05) is 23.0 Å². The Hall–Kier alpha value is -2.41. The van der Waals surface area contributed by atoms with Crippen molar-refractivity contribution >= 4 is 35.0 Å². The number of aryl methyl sites for hydroxylation is 1. The van der Waals surface area contributed by atoms with Gasteiger partial charge in [-0.25, -0.2) is 9.97 Å². The summed E-state index contributed by atoms with van der Waals surface area (Å²) in [6, 6.07) is 8.44. The molecule has 0 unspecified atom stereocenters. The number of nitrogens with one attached hydrogen (secondary N) is 1. The molecule has 0 spiro atoms. The van der Waals surface area contributed by atoms with Crippen LogP contribution < -0.4 is 11.1 Å². The first-order valence-electron chi connectivity index (χ1n) is 7.05. The maximum absolute atomic E-state index is 12.2. The molecule has 0 saturated carbocycles. The maximum atomic E-state index is 12.2. The van der Waals surface area contributed by atoms with Crippen LogP contribution in [0, 0.1) is 6.92 Å². The molecule has 3 N–H and O–H groups in total. The number of carbonyl (C=O) groups excluding carboxylic acids is 2. The minimum Gasteiger partial charge on any atom is -0.384 e. The fourth-order valence-electron chi connectivity index (χ4n) is 1.86. The number of Topliss-reactive ketones (excluding diaryl/α,β-unsaturated/α-hetero) is 1. The van der Waals surface area contributed by atoms with E-state index >= 15 is 0 Å². The second-order valence-electron chi connectivity index (χ2n) is 5.10. The Morgan fingerprint density at radius 1 is 1.22 bits per heavy atom. The number of thioether (sulfide) groups is 1. The highest BCUT2D eigenvalue weighted by molar-refractivity contribution is 8.00. The van der Waals surface area contributed by atoms with Crippen LogP contribution in [0.4, 0.5) is 11.5 Å². The van der Waals surface area contributed by atoms with E-state index in [0.29, 0.717) is 22.2 Å². The molecule has 0 radical (unpaired) electrons. The minimum atomic E-state index is -0.385. The fraction of sp³-hybridized carbons (Fsp3) is 0.250. The summed E-state index contributed by atoms with van der Waals surface area (Å²) >= 11 is 1.24. The van der Waals surface area contributed by atoms with E-state index in [9.17, 15) is 9.59 Å². The molecule has 0 saturated heterocycles. The third-order valence-electron chi connectivity index (χ3n) is 3.06. The van der Waals surface area contributed by atoms with Crippen LogP contribution in [0.25, 0.3) is 0 Å². The van der Waals surface area contributed by atoms with Crippen molar-refractivity contribution in [3.8, 4) is 0 Å². The van der Waals surface area contributed by atoms with Crippen molar-refractivity contribution in [3.05, 3.63) is 41.6 Å². The van der Waals surface area contributed by atoms with Gasteiger partial charge in [0.15, 0.2) is 10.9 Å². The van der Waals surface area contributed by atoms with E-state index < -0.39 is 0 Å². The molecule has 0 aliphatic rings. The van der Waals surface area contributed by atoms with Crippen molar-refractivity contribution in [1.29, 1.82) is 0 Å². The van der Waals surface area contributed by atoms with Crippen molar-refractivity contribution in [2.45, 2.75) is 31.2 Å². The van der Waals surface area contributed by atoms with E-state index in [1.54, 1.807) is 37.3 Å². The number of aromatic nitrogens is 2. The van der Waals surface area contributed by atoms with Gasteiger partial charge in [-0.3, -0.25) is 9.59 Å². The van der Waals surface area contributed by atoms with Crippen LogP contribution >= 0.6 is 11.8 Å². The lowest BCUT2D eigenvalue weighted by Crippen LogP contribution is -2.22. The largest absolute Gasteiger partial charge is 0.384 e. The Morgan fingerprint density at radius 2 is 1.87 bits per heavy atom. The molecule has 1 heterocycles. The maximum Gasteiger partial charge on any atom is 0.237 e. The number of nitrogens with two attached hydrogens (primary N) is 1. The first-order chi connectivity index (χ1) is 10.8. The van der Waals surface area contributed by atoms with E-state index in [-0.39, 0.29) is 16.9 Å². The average Bonchev–Trinajstić information content (AvgIpc) is 2.46. The van der Waals surface area contributed by atoms with Crippen LogP contribution in [0.1, 0.15) is 29.9 Å². The van der Waals surface area contributed by atoms with Gasteiger partial charge < -0.3 is 11.1 Å². The van der Waals surface area contributed by atoms with Crippen LogP contribution in [0.5, 0.6) is 0 Å². The molecule has 0 bridgehead atoms. The molecule has 1 aromatic heterocycles. The van der Waals surface area contributed by atoms with Crippen molar-refractivity contribution in [2.24, 2.45) is 0 Å². The molecule has 7 heteroatoms. The smallest absolute Gasteiger partial charge is 0.237 e. The van der Waals surface area contributed by atoms with Gasteiger partial charge in [0.1, 0.15) is 5.82 Å². The summed E-state index contributed by atoms with van der Waals surface area (Å²) < 4.78 is 0. The number of nitrogens with zero attached hydrogens (tertiary/aromatic N) is 2. The van der Waals surface area contributed by atoms with Crippen LogP contribution in [-0.2, 0) is 4.79 Å². The number of amides is 1. The van der Waals surface area contributed by atoms with Gasteiger partial charge in [0.2, 0.25) is 5.91 Å². The first-order valence-corrected chi connectivity index (χ1v) is 7.93. The lowest BCUT2D eigenvalue weighted by molar-refractivity contribution is -0.115. The number of anilines is 2. The van der Waals surface area contributed by atoms with Crippen LogP contribution in [0.3, 0.4) is 0 Å². The number of rotatable bonds is 5. The number of nitrogen functional groups attached to an aromatic ring is 1. The molecular formula is C16H18N4O2S. The molecular weight excluding hydrogens is 312 g/mol. The summed E-state index contributed by atoms with van der Waals surface area (Å²) in [5.74, 6) is 0.197. The van der Waals surface area contributed by atoms with Crippen LogP contribution in [0.2, 0.25) is 0 Å². The monoisotopic (exact) mass is 330 g/mol. The zero-order valence-electron chi connectivity index (χ0n) is 13.2. The van der Waals surface area contributed by atoms with Gasteiger partial charge in [0.25, 0.3) is 0 Å². The van der Waals surface area contributed by atoms with E-state index in [1.807, 2.05) is 6.92 Å². The highest BCUT2D eigenvalue weighted by atomic mass is 32.2. The molecule has 0 aliphatic heterocycles. The zero-order valence-corrected chi connectivity index (χ0v) is 14.0. The molecule has 2 rings (SSSR count). The van der Waals surface area contributed by atoms with E-state index in [0.717, 1.165) is 5.69 Å². The summed E-state index contributed by atoms with van der Waals surface area (Å²) in [6.07, 6.45) is 0. The Labute approximate surface area is 138 Å². The average molecular weight is 330 g/mol. The third-order valence-corrected chi connectivity index (χ3v) is 4.02. The van der Waals surface area contributed by atoms with E-state index in [1.165, 1.54) is 18.7 Å². The SMILES string of the molecule is CC(=O)c1ccc(NC(=O)[C@@H](C)Sc2nc(C)cc(N)n2)cc1. The van der Waals surface area contributed by atoms with Crippen molar-refractivity contribution in [2.75, 3.05) is 11.1 Å². The summed E-state index contributed by atoms with van der Waals surface area (Å²) in [5, 5.41) is 2.88. The second-order valence-corrected chi connectivity index (χ2v) is 6.41. The Balaban J connectivity index is 2.00. The molecule has 1 amide bonds. The number of carbonyl (C=O) groups is 2. The normalized spacial score (nSPS) is 11.8. The van der Waals surface area contributed by atoms with Gasteiger partial charge in [-0.2, -0.15) is 0 Å². The molecule has 2 aromatic rings. The number of hydrogen-bond donors (Lipinski definition) is 2. The minimum absolute atomic E-state index is 0.0130. The molecule has 1 aromatic carbocycles. The standard InChI is InChI=1S/C16H18N4O2S/c1-9-8-14(17)20-16(18-9)23-11(3)15(22)19-13-6-4-12(5-7-13)10(2)21/h4-8,11H,1-3H3,(H,19,22)(H2,17,18,20)/t11-/m1/s1. The predicted molar refractivity (Wildman–Crippen MR) is 91.6 cm³/mol. The van der Waals surface area contributed by atoms with Gasteiger partial charge in [0.05, 0.1) is 5.25 Å². The van der Waals surface area contributed by atoms with Gasteiger partial charge >= 0.3 is 0 Å². The van der Waals surface area contributed by atoms with Gasteiger partial charge in [-0.1, -0.05) is 11.8 Å². The molecule has 0 fully saturated rings. The summed E-state index contributed by atoms with van der Waals surface area (Å²) in [6.45, 7) is 5.09. The number of benzene rings is 1. The topological polar surface area (TPSA) is 98.0 Å². The third kappa shape index (κ3) is 4.79. The lowest BCUT2D eigenvalue weighted by atomic mass is 10.1. The summed E-state index contributed by atoms with van der Waals surface area (Å²) in [5.41, 5.74) is 7.68. The second kappa shape index (κ2) is 7.23. The van der Waals surface area contributed by atoms with Crippen molar-refractivity contribution in [3.63, 3.8) is 0 Å². The van der Waals surface area contributed by atoms with Crippen LogP contribution in [-0.4, -0.2) is 26.9 Å². The highest BCUT2D eigenvalue weighted by Crippen LogP contribution is 2.22. The molecule has 23 heavy (non-hydrogen) atoms. The van der Waals surface area contributed by atoms with Gasteiger partial charge in [-0.15, -0.1) is 0 Å². The Bertz CT molecular complexity index is 711. The molecule has 0 aliphatic carbocycles. The Kier molecular flexibility index (Phi) is 5.33. The first kappa shape index (κ1) is 17.0. The fourth-order valence-corrected chi connectivity index (χ4v) is 2.70. The lowest BCUT2D eigenvalue weighted by Gasteiger charge is -2.12. The molecule has 1 atom stereocenters. The quantitative estimate of drug-likeness (QED) is 0.497. The van der Waals surface area contributed by atoms with E-state index in [2.05, 4.69) is 15.3 Å². The van der Waals surface area contributed by atoms with E-state index in [4.69, 9.17) is 5.73 Å². The summed E-state index contributed by atoms with van der Waals surface area (Å²) in [7, 11) is 0. The summed E-state index contributed by atoms with van der Waals surface area (Å²) in [4.78, 5) is 31.8. The van der Waals surface area contributed by atoms with Crippen molar-refractivity contribution < 1.29 is 9.59 Å². The van der Waals surface area contributed by atoms with Crippen LogP contribution in [0.15, 0.2) is 35.5 Å².